The van der Waals surface area contributed by atoms with Crippen LogP contribution in [0.4, 0.5) is 0 Å². The molecule has 28 heavy (non-hydrogen) atoms. The monoisotopic (exact) mass is 377 g/mol. The van der Waals surface area contributed by atoms with Crippen LogP contribution in [0.2, 0.25) is 0 Å². The Kier molecular flexibility index (Phi) is 5.15. The lowest BCUT2D eigenvalue weighted by molar-refractivity contribution is 0.0337. The number of rotatable bonds is 5. The van der Waals surface area contributed by atoms with E-state index in [0.29, 0.717) is 12.2 Å². The van der Waals surface area contributed by atoms with Crippen LogP contribution in [0.15, 0.2) is 60.2 Å². The third kappa shape index (κ3) is 3.17. The molecule has 3 heterocycles. The number of hydrogen-bond acceptors (Lipinski definition) is 7. The lowest BCUT2D eigenvalue weighted by Gasteiger charge is -2.36. The second kappa shape index (κ2) is 7.89. The topological polar surface area (TPSA) is 105 Å². The molecule has 0 aliphatic carbocycles. The van der Waals surface area contributed by atoms with Crippen molar-refractivity contribution in [2.45, 2.75) is 31.5 Å². The van der Waals surface area contributed by atoms with Crippen molar-refractivity contribution in [3.63, 3.8) is 0 Å². The zero-order valence-corrected chi connectivity index (χ0v) is 15.6. The maximum Gasteiger partial charge on any atom is 0.200 e. The molecule has 0 bridgehead atoms. The molecular weight excluding hydrogens is 354 g/mol. The van der Waals surface area contributed by atoms with E-state index in [1.54, 1.807) is 12.4 Å². The van der Waals surface area contributed by atoms with Crippen molar-refractivity contribution < 1.29 is 9.47 Å². The number of allylic oxidation sites excluding steroid dienone is 1. The number of nitrogens with two attached hydrogens (primary N) is 1. The third-order valence-electron chi connectivity index (χ3n) is 5.23. The number of nitrogens with zero attached hydrogens (tertiary/aromatic N) is 2. The fourth-order valence-electron chi connectivity index (χ4n) is 4.01. The molecule has 4 unspecified atom stereocenters. The van der Waals surface area contributed by atoms with E-state index in [1.165, 1.54) is 0 Å². The minimum atomic E-state index is -0.362. The van der Waals surface area contributed by atoms with Gasteiger partial charge in [-0.1, -0.05) is 25.1 Å². The zero-order valence-electron chi connectivity index (χ0n) is 15.6. The highest BCUT2D eigenvalue weighted by molar-refractivity contribution is 5.48. The molecule has 144 valence electrons. The van der Waals surface area contributed by atoms with Crippen LogP contribution < -0.4 is 21.3 Å². The summed E-state index contributed by atoms with van der Waals surface area (Å²) in [5.74, 6) is 0.577. The number of benzene rings is 1. The first-order chi connectivity index (χ1) is 13.7. The van der Waals surface area contributed by atoms with Gasteiger partial charge >= 0.3 is 0 Å². The summed E-state index contributed by atoms with van der Waals surface area (Å²) in [5.41, 5.74) is 15.1. The van der Waals surface area contributed by atoms with Gasteiger partial charge in [-0.2, -0.15) is 5.26 Å². The Bertz CT molecular complexity index is 909. The van der Waals surface area contributed by atoms with Gasteiger partial charge in [-0.25, -0.2) is 10.9 Å². The second-order valence-electron chi connectivity index (χ2n) is 6.92. The van der Waals surface area contributed by atoms with Gasteiger partial charge in [0.25, 0.3) is 0 Å². The molecule has 1 saturated heterocycles. The van der Waals surface area contributed by atoms with Gasteiger partial charge in [0.15, 0.2) is 6.23 Å². The average molecular weight is 377 g/mol. The first-order valence-corrected chi connectivity index (χ1v) is 9.43. The molecule has 0 spiro atoms. The standard InChI is InChI=1S/C21H23N5O2/c1-2-11-27-16-6-4-3-5-14(16)17-15(12-22)20(23)28-21-18(17)19(25-26-21)13-7-9-24-10-8-13/h3-10,17-19,21,25-26H,2,11,23H2,1H3. The Hall–Kier alpha value is -3.08. The second-order valence-corrected chi connectivity index (χ2v) is 6.92. The number of aromatic nitrogens is 1. The largest absolute Gasteiger partial charge is 0.493 e. The van der Waals surface area contributed by atoms with Crippen LogP contribution >= 0.6 is 0 Å². The van der Waals surface area contributed by atoms with Gasteiger partial charge < -0.3 is 15.2 Å². The van der Waals surface area contributed by atoms with Gasteiger partial charge in [-0.05, 0) is 30.2 Å². The van der Waals surface area contributed by atoms with Crippen molar-refractivity contribution in [2.75, 3.05) is 6.61 Å². The molecule has 2 aliphatic rings. The smallest absolute Gasteiger partial charge is 0.200 e. The first kappa shape index (κ1) is 18.3. The summed E-state index contributed by atoms with van der Waals surface area (Å²) in [6.45, 7) is 2.68. The molecule has 0 amide bonds. The summed E-state index contributed by atoms with van der Waals surface area (Å²) in [6, 6.07) is 14.0. The number of para-hydroxylation sites is 1. The lowest BCUT2D eigenvalue weighted by atomic mass is 9.74. The molecule has 1 fully saturated rings. The van der Waals surface area contributed by atoms with E-state index in [0.717, 1.165) is 23.3 Å². The summed E-state index contributed by atoms with van der Waals surface area (Å²) < 4.78 is 11.8. The van der Waals surface area contributed by atoms with Crippen LogP contribution in [-0.2, 0) is 4.74 Å². The maximum absolute atomic E-state index is 9.88. The molecule has 1 aromatic heterocycles. The highest BCUT2D eigenvalue weighted by Gasteiger charge is 2.49. The van der Waals surface area contributed by atoms with E-state index < -0.39 is 0 Å². The summed E-state index contributed by atoms with van der Waals surface area (Å²) in [6.07, 6.45) is 4.06. The van der Waals surface area contributed by atoms with E-state index in [2.05, 4.69) is 28.8 Å². The van der Waals surface area contributed by atoms with Gasteiger partial charge in [-0.15, -0.1) is 0 Å². The number of pyridine rings is 1. The highest BCUT2D eigenvalue weighted by atomic mass is 16.5. The SMILES string of the molecule is CCCOc1ccccc1C1C(C#N)=C(N)OC2NNC(c3ccncc3)C21. The predicted octanol–water partition coefficient (Wildman–Crippen LogP) is 2.47. The van der Waals surface area contributed by atoms with Gasteiger partial charge in [-0.3, -0.25) is 4.98 Å². The van der Waals surface area contributed by atoms with Crippen LogP contribution in [0.5, 0.6) is 5.75 Å². The fourth-order valence-corrected chi connectivity index (χ4v) is 4.01. The Morgan fingerprint density at radius 1 is 1.21 bits per heavy atom. The van der Waals surface area contributed by atoms with Crippen LogP contribution in [0, 0.1) is 17.2 Å². The number of nitrogens with one attached hydrogen (secondary N) is 2. The molecule has 7 heteroatoms. The van der Waals surface area contributed by atoms with Gasteiger partial charge in [0.2, 0.25) is 5.88 Å². The van der Waals surface area contributed by atoms with Crippen molar-refractivity contribution in [2.24, 2.45) is 11.7 Å². The predicted molar refractivity (Wildman–Crippen MR) is 103 cm³/mol. The third-order valence-corrected chi connectivity index (χ3v) is 5.23. The Morgan fingerprint density at radius 2 is 2.00 bits per heavy atom. The molecule has 1 aromatic carbocycles. The molecule has 4 atom stereocenters. The van der Waals surface area contributed by atoms with Crippen LogP contribution in [-0.4, -0.2) is 17.8 Å². The van der Waals surface area contributed by atoms with Gasteiger partial charge in [0, 0.05) is 29.8 Å². The number of hydrazine groups is 1. The molecule has 2 aliphatic heterocycles. The zero-order chi connectivity index (χ0) is 19.5. The average Bonchev–Trinajstić information content (AvgIpc) is 3.15. The minimum absolute atomic E-state index is 0.0753. The van der Waals surface area contributed by atoms with Crippen molar-refractivity contribution in [3.8, 4) is 11.8 Å². The van der Waals surface area contributed by atoms with E-state index in [4.69, 9.17) is 15.2 Å². The van der Waals surface area contributed by atoms with Gasteiger partial charge in [0.1, 0.15) is 11.8 Å². The Labute approximate surface area is 164 Å². The van der Waals surface area contributed by atoms with E-state index in [9.17, 15) is 5.26 Å². The minimum Gasteiger partial charge on any atom is -0.493 e. The molecule has 0 saturated carbocycles. The quantitative estimate of drug-likeness (QED) is 0.735. The Balaban J connectivity index is 1.82. The van der Waals surface area contributed by atoms with Crippen LogP contribution in [0.1, 0.15) is 36.4 Å². The number of ether oxygens (including phenoxy) is 2. The van der Waals surface area contributed by atoms with Gasteiger partial charge in [0.05, 0.1) is 18.2 Å². The van der Waals surface area contributed by atoms with Crippen LogP contribution in [0.25, 0.3) is 0 Å². The lowest BCUT2D eigenvalue weighted by Crippen LogP contribution is -2.41. The normalized spacial score (nSPS) is 26.3. The summed E-state index contributed by atoms with van der Waals surface area (Å²) in [7, 11) is 0. The number of nitriles is 1. The molecule has 7 nitrogen and oxygen atoms in total. The molecule has 4 N–H and O–H groups in total. The van der Waals surface area contributed by atoms with E-state index in [1.807, 2.05) is 36.4 Å². The molecule has 2 aromatic rings. The molecule has 0 radical (unpaired) electrons. The Morgan fingerprint density at radius 3 is 2.75 bits per heavy atom. The van der Waals surface area contributed by atoms with Crippen molar-refractivity contribution >= 4 is 0 Å². The van der Waals surface area contributed by atoms with Crippen molar-refractivity contribution in [1.82, 2.24) is 15.8 Å². The molecular formula is C21H23N5O2. The van der Waals surface area contributed by atoms with E-state index >= 15 is 0 Å². The van der Waals surface area contributed by atoms with Crippen molar-refractivity contribution in [1.29, 1.82) is 5.26 Å². The number of hydrogen-bond donors (Lipinski definition) is 3. The van der Waals surface area contributed by atoms with Crippen molar-refractivity contribution in [3.05, 3.63) is 71.4 Å². The summed E-state index contributed by atoms with van der Waals surface area (Å²) in [4.78, 5) is 4.11. The van der Waals surface area contributed by atoms with Crippen LogP contribution in [0.3, 0.4) is 0 Å². The first-order valence-electron chi connectivity index (χ1n) is 9.43. The maximum atomic E-state index is 9.88. The fraction of sp³-hybridized carbons (Fsp3) is 0.333. The number of fused-ring (bicyclic) bond motifs is 1. The highest BCUT2D eigenvalue weighted by Crippen LogP contribution is 2.49. The molecule has 4 rings (SSSR count). The van der Waals surface area contributed by atoms with E-state index in [-0.39, 0.29) is 30.0 Å². The summed E-state index contributed by atoms with van der Waals surface area (Å²) in [5, 5.41) is 9.88. The summed E-state index contributed by atoms with van der Waals surface area (Å²) >= 11 is 0.